The largest absolute Gasteiger partial charge is 0.324 e. The van der Waals surface area contributed by atoms with Crippen LogP contribution in [0.2, 0.25) is 5.02 Å². The second-order valence-corrected chi connectivity index (χ2v) is 5.60. The van der Waals surface area contributed by atoms with Gasteiger partial charge in [0, 0.05) is 15.5 Å². The fourth-order valence-corrected chi connectivity index (χ4v) is 2.47. The average Bonchev–Trinajstić information content (AvgIpc) is 2.31. The van der Waals surface area contributed by atoms with E-state index in [4.69, 9.17) is 17.3 Å². The lowest BCUT2D eigenvalue weighted by molar-refractivity contribution is 0.589. The minimum Gasteiger partial charge on any atom is -0.324 e. The van der Waals surface area contributed by atoms with Gasteiger partial charge >= 0.3 is 0 Å². The van der Waals surface area contributed by atoms with Crippen LogP contribution >= 0.6 is 27.5 Å². The number of benzene rings is 2. The van der Waals surface area contributed by atoms with Gasteiger partial charge in [-0.15, -0.1) is 0 Å². The lowest BCUT2D eigenvalue weighted by atomic mass is 9.99. The van der Waals surface area contributed by atoms with Crippen molar-refractivity contribution in [3.63, 3.8) is 0 Å². The van der Waals surface area contributed by atoms with Crippen LogP contribution in [0.1, 0.15) is 17.2 Å². The molecule has 0 spiro atoms. The van der Waals surface area contributed by atoms with Crippen molar-refractivity contribution < 1.29 is 8.78 Å². The first-order chi connectivity index (χ1) is 8.95. The summed E-state index contributed by atoms with van der Waals surface area (Å²) in [6, 6.07) is 8.37. The number of hydrogen-bond acceptors (Lipinski definition) is 1. The van der Waals surface area contributed by atoms with Crippen LogP contribution in [0, 0.1) is 11.6 Å². The molecule has 0 aromatic heterocycles. The van der Waals surface area contributed by atoms with Crippen LogP contribution in [0.25, 0.3) is 0 Å². The Morgan fingerprint density at radius 1 is 1.16 bits per heavy atom. The van der Waals surface area contributed by atoms with Gasteiger partial charge in [0.2, 0.25) is 0 Å². The summed E-state index contributed by atoms with van der Waals surface area (Å²) in [6.45, 7) is 0. The predicted molar refractivity (Wildman–Crippen MR) is 76.1 cm³/mol. The summed E-state index contributed by atoms with van der Waals surface area (Å²) >= 11 is 8.89. The maximum Gasteiger partial charge on any atom is 0.127 e. The Morgan fingerprint density at radius 2 is 1.89 bits per heavy atom. The first-order valence-electron chi connectivity index (χ1n) is 5.61. The maximum atomic E-state index is 13.7. The third-order valence-electron chi connectivity index (χ3n) is 2.77. The molecule has 2 rings (SSSR count). The van der Waals surface area contributed by atoms with Gasteiger partial charge in [0.25, 0.3) is 0 Å². The molecule has 0 saturated carbocycles. The molecule has 0 heterocycles. The average molecular weight is 347 g/mol. The molecule has 5 heteroatoms. The van der Waals surface area contributed by atoms with E-state index in [1.807, 2.05) is 0 Å². The molecule has 0 fully saturated rings. The summed E-state index contributed by atoms with van der Waals surface area (Å²) in [4.78, 5) is 0. The van der Waals surface area contributed by atoms with Gasteiger partial charge in [-0.3, -0.25) is 0 Å². The molecule has 0 amide bonds. The number of halogens is 4. The molecule has 1 nitrogen and oxygen atoms in total. The third-order valence-corrected chi connectivity index (χ3v) is 3.46. The van der Waals surface area contributed by atoms with Crippen LogP contribution in [0.3, 0.4) is 0 Å². The summed E-state index contributed by atoms with van der Waals surface area (Å²) < 4.78 is 27.6. The zero-order valence-electron chi connectivity index (χ0n) is 9.84. The van der Waals surface area contributed by atoms with Crippen molar-refractivity contribution in [3.8, 4) is 0 Å². The van der Waals surface area contributed by atoms with E-state index in [0.29, 0.717) is 20.6 Å². The molecular formula is C14H11BrClF2N. The summed E-state index contributed by atoms with van der Waals surface area (Å²) in [6.07, 6.45) is 0.277. The topological polar surface area (TPSA) is 26.0 Å². The molecule has 0 aliphatic heterocycles. The molecule has 0 aliphatic carbocycles. The summed E-state index contributed by atoms with van der Waals surface area (Å²) in [5.74, 6) is -0.783. The second-order valence-electron chi connectivity index (χ2n) is 4.25. The van der Waals surface area contributed by atoms with Crippen LogP contribution in [0.15, 0.2) is 40.9 Å². The van der Waals surface area contributed by atoms with Crippen molar-refractivity contribution in [2.24, 2.45) is 5.73 Å². The second kappa shape index (κ2) is 5.99. The number of nitrogens with two attached hydrogens (primary N) is 1. The van der Waals surface area contributed by atoms with E-state index in [1.165, 1.54) is 18.2 Å². The molecule has 0 aliphatic rings. The van der Waals surface area contributed by atoms with Crippen LogP contribution in [0.4, 0.5) is 8.78 Å². The van der Waals surface area contributed by atoms with E-state index in [-0.39, 0.29) is 12.2 Å². The summed E-state index contributed by atoms with van der Waals surface area (Å²) in [7, 11) is 0. The van der Waals surface area contributed by atoms with Gasteiger partial charge in [0.05, 0.1) is 0 Å². The zero-order chi connectivity index (χ0) is 14.0. The van der Waals surface area contributed by atoms with Crippen LogP contribution in [-0.4, -0.2) is 0 Å². The van der Waals surface area contributed by atoms with Crippen LogP contribution < -0.4 is 5.73 Å². The highest BCUT2D eigenvalue weighted by molar-refractivity contribution is 9.10. The van der Waals surface area contributed by atoms with E-state index in [0.717, 1.165) is 0 Å². The normalized spacial score (nSPS) is 12.5. The predicted octanol–water partition coefficient (Wildman–Crippen LogP) is 4.62. The Labute approximate surface area is 123 Å². The lowest BCUT2D eigenvalue weighted by Gasteiger charge is -2.13. The van der Waals surface area contributed by atoms with Crippen molar-refractivity contribution in [3.05, 3.63) is 68.7 Å². The molecule has 2 aromatic rings. The van der Waals surface area contributed by atoms with E-state index in [2.05, 4.69) is 15.9 Å². The summed E-state index contributed by atoms with van der Waals surface area (Å²) in [5, 5.41) is 0.336. The Hall–Kier alpha value is -0.970. The highest BCUT2D eigenvalue weighted by Crippen LogP contribution is 2.23. The molecule has 100 valence electrons. The standard InChI is InChI=1S/C14H11BrClF2N/c15-10-3-9(4-12(17)6-10)14(19)5-8-1-2-11(16)7-13(8)18/h1-4,6-7,14H,5,19H2. The van der Waals surface area contributed by atoms with Gasteiger partial charge in [-0.05, 0) is 47.9 Å². The molecule has 1 atom stereocenters. The quantitative estimate of drug-likeness (QED) is 0.862. The third kappa shape index (κ3) is 3.75. The van der Waals surface area contributed by atoms with Crippen LogP contribution in [0.5, 0.6) is 0 Å². The number of rotatable bonds is 3. The van der Waals surface area contributed by atoms with Gasteiger partial charge in [-0.2, -0.15) is 0 Å². The first kappa shape index (κ1) is 14.4. The van der Waals surface area contributed by atoms with Crippen LogP contribution in [-0.2, 0) is 6.42 Å². The minimum atomic E-state index is -0.484. The van der Waals surface area contributed by atoms with Crippen molar-refractivity contribution in [2.75, 3.05) is 0 Å². The van der Waals surface area contributed by atoms with Crippen molar-refractivity contribution >= 4 is 27.5 Å². The molecule has 19 heavy (non-hydrogen) atoms. The maximum absolute atomic E-state index is 13.7. The summed E-state index contributed by atoms with van der Waals surface area (Å²) in [5.41, 5.74) is 7.05. The van der Waals surface area contributed by atoms with Crippen molar-refractivity contribution in [1.82, 2.24) is 0 Å². The molecule has 0 radical (unpaired) electrons. The highest BCUT2D eigenvalue weighted by atomic mass is 79.9. The molecule has 0 bridgehead atoms. The fourth-order valence-electron chi connectivity index (χ4n) is 1.83. The van der Waals surface area contributed by atoms with Crippen molar-refractivity contribution in [1.29, 1.82) is 0 Å². The number of hydrogen-bond donors (Lipinski definition) is 1. The SMILES string of the molecule is NC(Cc1ccc(Cl)cc1F)c1cc(F)cc(Br)c1. The molecular weight excluding hydrogens is 336 g/mol. The van der Waals surface area contributed by atoms with Gasteiger partial charge in [0.1, 0.15) is 11.6 Å². The molecule has 0 saturated heterocycles. The minimum absolute atomic E-state index is 0.277. The van der Waals surface area contributed by atoms with E-state index in [9.17, 15) is 8.78 Å². The smallest absolute Gasteiger partial charge is 0.127 e. The van der Waals surface area contributed by atoms with Gasteiger partial charge in [-0.25, -0.2) is 8.78 Å². The Kier molecular flexibility index (Phi) is 4.55. The molecule has 2 aromatic carbocycles. The highest BCUT2D eigenvalue weighted by Gasteiger charge is 2.12. The van der Waals surface area contributed by atoms with Crippen molar-refractivity contribution in [2.45, 2.75) is 12.5 Å². The Morgan fingerprint density at radius 3 is 2.53 bits per heavy atom. The van der Waals surface area contributed by atoms with Gasteiger partial charge in [-0.1, -0.05) is 33.6 Å². The monoisotopic (exact) mass is 345 g/mol. The van der Waals surface area contributed by atoms with Gasteiger partial charge in [0.15, 0.2) is 0 Å². The zero-order valence-corrected chi connectivity index (χ0v) is 12.2. The molecule has 2 N–H and O–H groups in total. The van der Waals surface area contributed by atoms with E-state index >= 15 is 0 Å². The van der Waals surface area contributed by atoms with E-state index in [1.54, 1.807) is 18.2 Å². The first-order valence-corrected chi connectivity index (χ1v) is 6.78. The van der Waals surface area contributed by atoms with Gasteiger partial charge < -0.3 is 5.73 Å². The van der Waals surface area contributed by atoms with E-state index < -0.39 is 11.9 Å². The Bertz CT molecular complexity index is 584. The Balaban J connectivity index is 2.22. The fraction of sp³-hybridized carbons (Fsp3) is 0.143. The lowest BCUT2D eigenvalue weighted by Crippen LogP contribution is -2.14. The molecule has 1 unspecified atom stereocenters.